The highest BCUT2D eigenvalue weighted by Gasteiger charge is 2.48. The Morgan fingerprint density at radius 2 is 2.17 bits per heavy atom. The second-order valence-electron chi connectivity index (χ2n) is 7.03. The minimum Gasteiger partial charge on any atom is -0.387 e. The molecule has 1 saturated heterocycles. The smallest absolute Gasteiger partial charge is 0.252 e. The topological polar surface area (TPSA) is 139 Å². The van der Waals surface area contributed by atoms with E-state index in [1.807, 2.05) is 18.2 Å². The Bertz CT molecular complexity index is 1090. The lowest BCUT2D eigenvalue weighted by molar-refractivity contribution is -0.675. The lowest BCUT2D eigenvalue weighted by Crippen LogP contribution is -2.42. The monoisotopic (exact) mass is 433 g/mol. The van der Waals surface area contributed by atoms with Gasteiger partial charge in [0.2, 0.25) is 12.0 Å². The number of hydrogen-bond acceptors (Lipinski definition) is 7. The molecule has 1 amide bonds. The summed E-state index contributed by atoms with van der Waals surface area (Å²) in [6.07, 6.45) is -1.98. The first-order valence-electron chi connectivity index (χ1n) is 9.45. The number of aliphatic hydroxyl groups excluding tert-OH is 2. The maximum absolute atomic E-state index is 12.1. The summed E-state index contributed by atoms with van der Waals surface area (Å²) in [5.74, 6) is -0.130. The fourth-order valence-corrected chi connectivity index (χ4v) is 3.72. The summed E-state index contributed by atoms with van der Waals surface area (Å²) in [6.45, 7) is 2.58. The molecule has 1 aliphatic heterocycles. The van der Waals surface area contributed by atoms with Gasteiger partial charge < -0.3 is 26.0 Å². The van der Waals surface area contributed by atoms with E-state index in [4.69, 9.17) is 22.1 Å². The SMILES string of the molecule is CCNC(=O)[C@H]1O[C@@H](n2cnc3c(N)[n+](Cc4cccc(Cl)c4)cnc32)[C@H](O)[C@@H]1O. The molecular formula is C19H22ClN6O4+. The molecule has 4 atom stereocenters. The van der Waals surface area contributed by atoms with Gasteiger partial charge in [-0.25, -0.2) is 9.55 Å². The molecular weight excluding hydrogens is 412 g/mol. The number of rotatable bonds is 5. The molecule has 5 N–H and O–H groups in total. The molecule has 4 rings (SSSR count). The third-order valence-corrected chi connectivity index (χ3v) is 5.24. The van der Waals surface area contributed by atoms with Crippen molar-refractivity contribution in [3.63, 3.8) is 0 Å². The van der Waals surface area contributed by atoms with Gasteiger partial charge >= 0.3 is 0 Å². The van der Waals surface area contributed by atoms with Crippen molar-refractivity contribution in [1.82, 2.24) is 19.9 Å². The number of carbonyl (C=O) groups is 1. The number of fused-ring (bicyclic) bond motifs is 1. The summed E-state index contributed by atoms with van der Waals surface area (Å²) >= 11 is 6.04. The molecule has 1 fully saturated rings. The van der Waals surface area contributed by atoms with Crippen molar-refractivity contribution in [2.75, 3.05) is 12.3 Å². The van der Waals surface area contributed by atoms with E-state index < -0.39 is 30.4 Å². The van der Waals surface area contributed by atoms with Crippen LogP contribution in [0.4, 0.5) is 5.82 Å². The molecule has 3 aromatic rings. The Morgan fingerprint density at radius 1 is 1.37 bits per heavy atom. The van der Waals surface area contributed by atoms with Crippen LogP contribution in [0.15, 0.2) is 36.9 Å². The Kier molecular flexibility index (Phi) is 5.56. The number of nitrogens with two attached hydrogens (primary N) is 1. The van der Waals surface area contributed by atoms with E-state index in [9.17, 15) is 15.0 Å². The van der Waals surface area contributed by atoms with Crippen molar-refractivity contribution in [2.24, 2.45) is 0 Å². The summed E-state index contributed by atoms with van der Waals surface area (Å²) in [7, 11) is 0. The van der Waals surface area contributed by atoms with Crippen LogP contribution < -0.4 is 15.6 Å². The number of likely N-dealkylation sites (N-methyl/N-ethyl adjacent to an activating group) is 1. The minimum atomic E-state index is -1.38. The third-order valence-electron chi connectivity index (χ3n) is 5.00. The average molecular weight is 434 g/mol. The molecule has 158 valence electrons. The number of anilines is 1. The number of nitrogens with zero attached hydrogens (tertiary/aromatic N) is 4. The number of ether oxygens (including phenoxy) is 1. The van der Waals surface area contributed by atoms with Crippen LogP contribution in [-0.4, -0.2) is 55.5 Å². The van der Waals surface area contributed by atoms with Crippen LogP contribution in [0.1, 0.15) is 18.7 Å². The van der Waals surface area contributed by atoms with Crippen molar-refractivity contribution in [2.45, 2.75) is 38.0 Å². The molecule has 0 saturated carbocycles. The molecule has 10 nitrogen and oxygen atoms in total. The lowest BCUT2D eigenvalue weighted by Gasteiger charge is -2.15. The maximum atomic E-state index is 12.1. The van der Waals surface area contributed by atoms with Crippen molar-refractivity contribution < 1.29 is 24.3 Å². The Hall–Kier alpha value is -2.79. The third kappa shape index (κ3) is 3.58. The van der Waals surface area contributed by atoms with Crippen molar-refractivity contribution in [3.8, 4) is 0 Å². The van der Waals surface area contributed by atoms with Crippen LogP contribution in [0.5, 0.6) is 0 Å². The first kappa shape index (κ1) is 20.5. The molecule has 0 unspecified atom stereocenters. The summed E-state index contributed by atoms with van der Waals surface area (Å²) in [4.78, 5) is 20.8. The van der Waals surface area contributed by atoms with E-state index in [-0.39, 0.29) is 0 Å². The van der Waals surface area contributed by atoms with E-state index >= 15 is 0 Å². The van der Waals surface area contributed by atoms with E-state index in [2.05, 4.69) is 15.3 Å². The summed E-state index contributed by atoms with van der Waals surface area (Å²) in [5.41, 5.74) is 8.01. The van der Waals surface area contributed by atoms with Gasteiger partial charge in [-0.2, -0.15) is 0 Å². The first-order chi connectivity index (χ1) is 14.4. The largest absolute Gasteiger partial charge is 0.387 e. The van der Waals surface area contributed by atoms with Crippen LogP contribution in [0.25, 0.3) is 11.2 Å². The van der Waals surface area contributed by atoms with E-state index in [0.29, 0.717) is 35.1 Å². The number of nitrogen functional groups attached to an aromatic ring is 1. The second-order valence-corrected chi connectivity index (χ2v) is 7.47. The number of amides is 1. The number of nitrogens with one attached hydrogen (secondary N) is 1. The highest BCUT2D eigenvalue weighted by molar-refractivity contribution is 6.30. The molecule has 1 aromatic carbocycles. The number of aliphatic hydroxyl groups is 2. The maximum Gasteiger partial charge on any atom is 0.252 e. The van der Waals surface area contributed by atoms with Crippen LogP contribution in [-0.2, 0) is 16.1 Å². The van der Waals surface area contributed by atoms with Gasteiger partial charge in [0.05, 0.1) is 6.54 Å². The van der Waals surface area contributed by atoms with Gasteiger partial charge in [-0.15, -0.1) is 0 Å². The van der Waals surface area contributed by atoms with E-state index in [0.717, 1.165) is 5.56 Å². The predicted molar refractivity (Wildman–Crippen MR) is 107 cm³/mol. The number of hydrogen-bond donors (Lipinski definition) is 4. The number of imidazole rings is 1. The highest BCUT2D eigenvalue weighted by Crippen LogP contribution is 2.32. The molecule has 30 heavy (non-hydrogen) atoms. The fraction of sp³-hybridized carbons (Fsp3) is 0.368. The fourth-order valence-electron chi connectivity index (χ4n) is 3.51. The van der Waals surface area contributed by atoms with Gasteiger partial charge in [-0.1, -0.05) is 28.7 Å². The van der Waals surface area contributed by atoms with Gasteiger partial charge in [0, 0.05) is 11.6 Å². The van der Waals surface area contributed by atoms with Gasteiger partial charge in [0.25, 0.3) is 11.7 Å². The zero-order valence-corrected chi connectivity index (χ0v) is 16.9. The second kappa shape index (κ2) is 8.15. The molecule has 11 heteroatoms. The van der Waals surface area contributed by atoms with Gasteiger partial charge in [0.15, 0.2) is 17.8 Å². The standard InChI is InChI=1S/C19H21ClN6O4/c1-2-22-18(29)15-13(27)14(28)19(30-15)26-9-23-12-16(21)25(8-24-17(12)26)7-10-4-3-5-11(20)6-10/h3-6,8-9,13-15,19,21,27-28H,2,7H2,1H3,(H,22,29)/p+1/t13-,14+,15-,19+/m0/s1. The van der Waals surface area contributed by atoms with Crippen LogP contribution in [0.2, 0.25) is 5.02 Å². The summed E-state index contributed by atoms with van der Waals surface area (Å²) in [6, 6.07) is 7.40. The predicted octanol–water partition coefficient (Wildman–Crippen LogP) is -0.242. The molecule has 0 aliphatic carbocycles. The quantitative estimate of drug-likeness (QED) is 0.407. The van der Waals surface area contributed by atoms with Crippen molar-refractivity contribution in [1.29, 1.82) is 0 Å². The zero-order chi connectivity index (χ0) is 21.4. The zero-order valence-electron chi connectivity index (χ0n) is 16.1. The van der Waals surface area contributed by atoms with E-state index in [1.54, 1.807) is 23.9 Å². The van der Waals surface area contributed by atoms with E-state index in [1.165, 1.54) is 10.9 Å². The highest BCUT2D eigenvalue weighted by atomic mass is 35.5. The molecule has 0 radical (unpaired) electrons. The Labute approximate surface area is 176 Å². The molecule has 0 bridgehead atoms. The molecule has 1 aliphatic rings. The lowest BCUT2D eigenvalue weighted by atomic mass is 10.1. The molecule has 3 heterocycles. The number of carbonyl (C=O) groups excluding carboxylic acids is 1. The number of benzene rings is 1. The first-order valence-corrected chi connectivity index (χ1v) is 9.82. The Balaban J connectivity index is 1.64. The van der Waals surface area contributed by atoms with Gasteiger partial charge in [-0.05, 0) is 24.6 Å². The summed E-state index contributed by atoms with van der Waals surface area (Å²) < 4.78 is 8.83. The van der Waals surface area contributed by atoms with Crippen LogP contribution >= 0.6 is 11.6 Å². The van der Waals surface area contributed by atoms with Gasteiger partial charge in [0.1, 0.15) is 18.5 Å². The van der Waals surface area contributed by atoms with Crippen LogP contribution in [0, 0.1) is 0 Å². The van der Waals surface area contributed by atoms with Crippen molar-refractivity contribution >= 4 is 34.5 Å². The Morgan fingerprint density at radius 3 is 2.90 bits per heavy atom. The normalized spacial score (nSPS) is 23.7. The number of aromatic nitrogens is 4. The molecule has 2 aromatic heterocycles. The number of halogens is 1. The van der Waals surface area contributed by atoms with Crippen molar-refractivity contribution in [3.05, 3.63) is 47.5 Å². The summed E-state index contributed by atoms with van der Waals surface area (Å²) in [5, 5.41) is 23.9. The molecule has 0 spiro atoms. The van der Waals surface area contributed by atoms with Crippen LogP contribution in [0.3, 0.4) is 0 Å². The van der Waals surface area contributed by atoms with Gasteiger partial charge in [-0.3, -0.25) is 9.36 Å². The average Bonchev–Trinajstić information content (AvgIpc) is 3.26. The minimum absolute atomic E-state index is 0.364.